The molecule has 1 aromatic heterocycles. The third-order valence-corrected chi connectivity index (χ3v) is 4.07. The third-order valence-electron chi connectivity index (χ3n) is 3.02. The monoisotopic (exact) mass is 305 g/mol. The number of carbonyl (C=O) groups excluding carboxylic acids is 1. The number of carbonyl (C=O) groups is 1. The molecule has 0 bridgehead atoms. The number of nitrogens with zero attached hydrogens (tertiary/aromatic N) is 1. The zero-order valence-electron chi connectivity index (χ0n) is 11.8. The van der Waals surface area contributed by atoms with Gasteiger partial charge in [-0.15, -0.1) is 11.3 Å². The van der Waals surface area contributed by atoms with E-state index >= 15 is 0 Å². The van der Waals surface area contributed by atoms with Gasteiger partial charge in [-0.2, -0.15) is 0 Å². The first-order valence-corrected chi connectivity index (χ1v) is 7.64. The Labute approximate surface area is 127 Å². The molecule has 5 nitrogen and oxygen atoms in total. The number of benzene rings is 1. The molecule has 21 heavy (non-hydrogen) atoms. The molecule has 0 aliphatic heterocycles. The number of nitrogens with one attached hydrogen (secondary N) is 1. The summed E-state index contributed by atoms with van der Waals surface area (Å²) in [4.78, 5) is 16.3. The van der Waals surface area contributed by atoms with Crippen LogP contribution in [-0.2, 0) is 6.42 Å². The summed E-state index contributed by atoms with van der Waals surface area (Å²) in [6.45, 7) is 1.71. The molecule has 0 radical (unpaired) electrons. The number of rotatable bonds is 6. The van der Waals surface area contributed by atoms with Gasteiger partial charge >= 0.3 is 0 Å². The van der Waals surface area contributed by atoms with Gasteiger partial charge in [0.1, 0.15) is 10.7 Å². The van der Waals surface area contributed by atoms with Crippen molar-refractivity contribution in [3.05, 3.63) is 52.0 Å². The van der Waals surface area contributed by atoms with Gasteiger partial charge in [0.05, 0.1) is 18.7 Å². The molecule has 112 valence electrons. The van der Waals surface area contributed by atoms with Crippen LogP contribution in [0, 0.1) is 0 Å². The number of thiazole rings is 1. The molecule has 0 saturated carbocycles. The minimum absolute atomic E-state index is 0.120. The molecular weight excluding hydrogens is 286 g/mol. The first kappa shape index (κ1) is 15.6. The maximum atomic E-state index is 12.1. The minimum Gasteiger partial charge on any atom is -0.394 e. The fourth-order valence-electron chi connectivity index (χ4n) is 1.92. The Hall–Kier alpha value is -1.76. The predicted octanol–water partition coefficient (Wildman–Crippen LogP) is 1.50. The van der Waals surface area contributed by atoms with E-state index in [4.69, 9.17) is 5.73 Å². The van der Waals surface area contributed by atoms with Crippen LogP contribution in [0.15, 0.2) is 35.7 Å². The van der Waals surface area contributed by atoms with Crippen LogP contribution in [-0.4, -0.2) is 28.6 Å². The zero-order chi connectivity index (χ0) is 15.2. The highest BCUT2D eigenvalue weighted by Gasteiger charge is 2.17. The van der Waals surface area contributed by atoms with Crippen molar-refractivity contribution < 1.29 is 9.90 Å². The average molecular weight is 305 g/mol. The Kier molecular flexibility index (Phi) is 5.44. The summed E-state index contributed by atoms with van der Waals surface area (Å²) in [5.74, 6) is -0.284. The van der Waals surface area contributed by atoms with Crippen molar-refractivity contribution >= 4 is 17.2 Å². The fourth-order valence-corrected chi connectivity index (χ4v) is 2.68. The first-order valence-electron chi connectivity index (χ1n) is 6.76. The van der Waals surface area contributed by atoms with Crippen molar-refractivity contribution in [1.29, 1.82) is 0 Å². The molecular formula is C15H19N3O2S. The van der Waals surface area contributed by atoms with E-state index in [0.29, 0.717) is 12.1 Å². The summed E-state index contributed by atoms with van der Waals surface area (Å²) in [6.07, 6.45) is 0.577. The summed E-state index contributed by atoms with van der Waals surface area (Å²) in [5.41, 5.74) is 7.14. The van der Waals surface area contributed by atoms with Gasteiger partial charge in [-0.25, -0.2) is 4.98 Å². The van der Waals surface area contributed by atoms with Gasteiger partial charge in [0.15, 0.2) is 0 Å². The van der Waals surface area contributed by atoms with Crippen molar-refractivity contribution in [1.82, 2.24) is 10.3 Å². The van der Waals surface area contributed by atoms with Crippen LogP contribution in [0.4, 0.5) is 0 Å². The molecule has 0 fully saturated rings. The van der Waals surface area contributed by atoms with Gasteiger partial charge in [0.25, 0.3) is 5.91 Å². The molecule has 4 N–H and O–H groups in total. The standard InChI is InChI=1S/C15H19N3O2S/c1-10(16)15-18-13(9-21-15)14(20)17-12(8-19)7-11-5-3-2-4-6-11/h2-6,9-10,12,19H,7-8,16H2,1H3,(H,17,20)/t10?,12-/m1/s1. The van der Waals surface area contributed by atoms with Crippen LogP contribution in [0.3, 0.4) is 0 Å². The molecule has 1 heterocycles. The van der Waals surface area contributed by atoms with E-state index in [-0.39, 0.29) is 24.6 Å². The van der Waals surface area contributed by atoms with Gasteiger partial charge in [0.2, 0.25) is 0 Å². The van der Waals surface area contributed by atoms with Crippen molar-refractivity contribution in [2.24, 2.45) is 5.73 Å². The SMILES string of the molecule is CC(N)c1nc(C(=O)N[C@@H](CO)Cc2ccccc2)cs1. The minimum atomic E-state index is -0.333. The highest BCUT2D eigenvalue weighted by atomic mass is 32.1. The summed E-state index contributed by atoms with van der Waals surface area (Å²) in [6, 6.07) is 9.20. The molecule has 2 aromatic rings. The Bertz CT molecular complexity index is 584. The summed E-state index contributed by atoms with van der Waals surface area (Å²) in [7, 11) is 0. The second kappa shape index (κ2) is 7.31. The van der Waals surface area contributed by atoms with E-state index in [9.17, 15) is 9.90 Å². The molecule has 1 aromatic carbocycles. The summed E-state index contributed by atoms with van der Waals surface area (Å²) >= 11 is 1.37. The van der Waals surface area contributed by atoms with Crippen LogP contribution in [0.2, 0.25) is 0 Å². The fraction of sp³-hybridized carbons (Fsp3) is 0.333. The van der Waals surface area contributed by atoms with E-state index < -0.39 is 0 Å². The van der Waals surface area contributed by atoms with Crippen LogP contribution in [0.25, 0.3) is 0 Å². The van der Waals surface area contributed by atoms with Crippen LogP contribution >= 0.6 is 11.3 Å². The normalized spacial score (nSPS) is 13.7. The van der Waals surface area contributed by atoms with E-state index in [1.54, 1.807) is 5.38 Å². The first-order chi connectivity index (χ1) is 10.1. The second-order valence-electron chi connectivity index (χ2n) is 4.90. The molecule has 0 aliphatic rings. The Morgan fingerprint density at radius 1 is 1.43 bits per heavy atom. The molecule has 2 rings (SSSR count). The molecule has 0 aliphatic carbocycles. The molecule has 1 amide bonds. The quantitative estimate of drug-likeness (QED) is 0.754. The molecule has 0 saturated heterocycles. The number of aliphatic hydroxyl groups is 1. The maximum Gasteiger partial charge on any atom is 0.271 e. The Morgan fingerprint density at radius 2 is 2.14 bits per heavy atom. The van der Waals surface area contributed by atoms with Gasteiger partial charge < -0.3 is 16.2 Å². The van der Waals surface area contributed by atoms with Gasteiger partial charge in [-0.1, -0.05) is 30.3 Å². The van der Waals surface area contributed by atoms with Gasteiger partial charge in [0, 0.05) is 5.38 Å². The van der Waals surface area contributed by atoms with E-state index in [0.717, 1.165) is 10.6 Å². The van der Waals surface area contributed by atoms with Gasteiger partial charge in [-0.3, -0.25) is 4.79 Å². The lowest BCUT2D eigenvalue weighted by Gasteiger charge is -2.15. The third kappa shape index (κ3) is 4.35. The molecule has 6 heteroatoms. The summed E-state index contributed by atoms with van der Waals surface area (Å²) in [5, 5.41) is 14.6. The topological polar surface area (TPSA) is 88.2 Å². The van der Waals surface area contributed by atoms with Crippen LogP contribution in [0.5, 0.6) is 0 Å². The number of nitrogens with two attached hydrogens (primary N) is 1. The average Bonchev–Trinajstić information content (AvgIpc) is 2.97. The Morgan fingerprint density at radius 3 is 2.71 bits per heavy atom. The van der Waals surface area contributed by atoms with Crippen molar-refractivity contribution in [3.63, 3.8) is 0 Å². The number of aliphatic hydroxyl groups excluding tert-OH is 1. The van der Waals surface area contributed by atoms with E-state index in [1.807, 2.05) is 37.3 Å². The van der Waals surface area contributed by atoms with Crippen molar-refractivity contribution in [2.75, 3.05) is 6.61 Å². The Balaban J connectivity index is 1.99. The molecule has 0 spiro atoms. The lowest BCUT2D eigenvalue weighted by molar-refractivity contribution is 0.0912. The van der Waals surface area contributed by atoms with Crippen molar-refractivity contribution in [2.45, 2.75) is 25.4 Å². The summed E-state index contributed by atoms with van der Waals surface area (Å²) < 4.78 is 0. The number of hydrogen-bond acceptors (Lipinski definition) is 5. The van der Waals surface area contributed by atoms with E-state index in [2.05, 4.69) is 10.3 Å². The highest BCUT2D eigenvalue weighted by Crippen LogP contribution is 2.16. The second-order valence-corrected chi connectivity index (χ2v) is 5.79. The number of amides is 1. The maximum absolute atomic E-state index is 12.1. The van der Waals surface area contributed by atoms with Crippen LogP contribution in [0.1, 0.15) is 34.0 Å². The zero-order valence-corrected chi connectivity index (χ0v) is 12.6. The molecule has 1 unspecified atom stereocenters. The lowest BCUT2D eigenvalue weighted by atomic mass is 10.1. The van der Waals surface area contributed by atoms with Gasteiger partial charge in [-0.05, 0) is 18.9 Å². The molecule has 2 atom stereocenters. The van der Waals surface area contributed by atoms with Crippen LogP contribution < -0.4 is 11.1 Å². The smallest absolute Gasteiger partial charge is 0.271 e. The largest absolute Gasteiger partial charge is 0.394 e. The van der Waals surface area contributed by atoms with Crippen molar-refractivity contribution in [3.8, 4) is 0 Å². The number of aromatic nitrogens is 1. The lowest BCUT2D eigenvalue weighted by Crippen LogP contribution is -2.39. The number of hydrogen-bond donors (Lipinski definition) is 3. The highest BCUT2D eigenvalue weighted by molar-refractivity contribution is 7.09. The van der Waals surface area contributed by atoms with E-state index in [1.165, 1.54) is 11.3 Å². The predicted molar refractivity (Wildman–Crippen MR) is 83.2 cm³/mol.